The molecule has 404 valence electrons. The molecule has 4 aromatic heterocycles. The van der Waals surface area contributed by atoms with Crippen molar-refractivity contribution in [3.05, 3.63) is 313 Å². The van der Waals surface area contributed by atoms with E-state index >= 15 is 0 Å². The molecule has 0 bridgehead atoms. The Bertz CT molecular complexity index is 5560. The van der Waals surface area contributed by atoms with E-state index in [2.05, 4.69) is 311 Å². The van der Waals surface area contributed by atoms with E-state index < -0.39 is 5.41 Å². The van der Waals surface area contributed by atoms with Gasteiger partial charge in [-0.2, -0.15) is 0 Å². The molecule has 0 saturated heterocycles. The predicted octanol–water partition coefficient (Wildman–Crippen LogP) is 21.5. The third-order valence-corrected chi connectivity index (χ3v) is 19.0. The molecular weight excluding hydrogens is 1040 g/mol. The summed E-state index contributed by atoms with van der Waals surface area (Å²) in [6, 6.07) is 107. The number of aryl methyl sites for hydroxylation is 1. The molecule has 0 atom stereocenters. The first-order valence-electron chi connectivity index (χ1n) is 30.2. The van der Waals surface area contributed by atoms with E-state index in [4.69, 9.17) is 0 Å². The molecule has 0 radical (unpaired) electrons. The lowest BCUT2D eigenvalue weighted by Gasteiger charge is -2.34. The molecule has 0 spiro atoms. The monoisotopic (exact) mass is 1100 g/mol. The number of para-hydroxylation sites is 3. The van der Waals surface area contributed by atoms with E-state index in [0.717, 1.165) is 40.6 Å². The molecule has 2 N–H and O–H groups in total. The van der Waals surface area contributed by atoms with Gasteiger partial charge < -0.3 is 19.1 Å². The molecule has 1 aliphatic carbocycles. The van der Waals surface area contributed by atoms with E-state index in [1.807, 2.05) is 0 Å². The first-order chi connectivity index (χ1) is 42.5. The van der Waals surface area contributed by atoms with Crippen LogP contribution < -0.4 is 0 Å². The molecule has 0 amide bonds. The van der Waals surface area contributed by atoms with Crippen LogP contribution in [0.1, 0.15) is 41.2 Å². The van der Waals surface area contributed by atoms with Crippen molar-refractivity contribution in [3.63, 3.8) is 0 Å². The Hall–Kier alpha value is -10.9. The van der Waals surface area contributed by atoms with Crippen LogP contribution >= 0.6 is 0 Å². The molecule has 1 aliphatic rings. The smallest absolute Gasteiger partial charge is 0.0714 e. The Kier molecular flexibility index (Phi) is 10.6. The third kappa shape index (κ3) is 7.17. The maximum Gasteiger partial charge on any atom is 0.0714 e. The van der Waals surface area contributed by atoms with E-state index in [1.54, 1.807) is 0 Å². The third-order valence-electron chi connectivity index (χ3n) is 19.0. The molecule has 0 aliphatic heterocycles. The quantitative estimate of drug-likeness (QED) is 0.145. The van der Waals surface area contributed by atoms with Crippen molar-refractivity contribution in [3.8, 4) is 55.9 Å². The highest BCUT2D eigenvalue weighted by Crippen LogP contribution is 2.58. The van der Waals surface area contributed by atoms with Crippen molar-refractivity contribution >= 4 is 87.2 Å². The fraction of sp³-hybridized carbons (Fsp3) is 0.0488. The molecule has 4 heteroatoms. The van der Waals surface area contributed by atoms with Gasteiger partial charge in [0.25, 0.3) is 0 Å². The molecule has 0 fully saturated rings. The maximum absolute atomic E-state index is 3.79. The lowest BCUT2D eigenvalue weighted by atomic mass is 9.67. The number of fused-ring (bicyclic) bond motifs is 15. The average molecular weight is 1100 g/mol. The summed E-state index contributed by atoms with van der Waals surface area (Å²) < 4.78 is 4.91. The van der Waals surface area contributed by atoms with E-state index in [9.17, 15) is 0 Å². The topological polar surface area (TPSA) is 41.4 Å². The van der Waals surface area contributed by atoms with E-state index in [-0.39, 0.29) is 0 Å². The number of hydrogen-bond donors (Lipinski definition) is 2. The summed E-state index contributed by atoms with van der Waals surface area (Å²) >= 11 is 0. The lowest BCUT2D eigenvalue weighted by Crippen LogP contribution is -2.28. The van der Waals surface area contributed by atoms with Crippen LogP contribution in [0.4, 0.5) is 0 Å². The molecular formula is C82H56N4. The molecule has 86 heavy (non-hydrogen) atoms. The van der Waals surface area contributed by atoms with Gasteiger partial charge >= 0.3 is 0 Å². The minimum atomic E-state index is -0.627. The SMILES string of the molecule is CCCc1ccc2c(c1)c1cc(-c3ccc4[nH]c5ccc(-c6ccc7c(c6)C(c6ccccc6)(c6ccccc6)c6cc(-n8c9ccccc9c9cc(-c%10ccc%11[nH]c%12ccccc%12c%11c%10)ccc98)ccc6-7)cc5c4c3)ccc1n2-c1ccccc1. The van der Waals surface area contributed by atoms with Gasteiger partial charge in [0.05, 0.1) is 27.5 Å². The second kappa shape index (κ2) is 18.8. The molecule has 13 aromatic carbocycles. The molecule has 4 heterocycles. The Labute approximate surface area is 497 Å². The van der Waals surface area contributed by atoms with E-state index in [1.165, 1.54) is 143 Å². The number of aromatic nitrogens is 4. The zero-order valence-electron chi connectivity index (χ0n) is 47.4. The highest BCUT2D eigenvalue weighted by molar-refractivity contribution is 6.14. The molecule has 0 unspecified atom stereocenters. The summed E-state index contributed by atoms with van der Waals surface area (Å²) in [5.41, 5.74) is 27.2. The summed E-state index contributed by atoms with van der Waals surface area (Å²) in [5, 5.41) is 9.95. The van der Waals surface area contributed by atoms with Gasteiger partial charge in [-0.3, -0.25) is 0 Å². The number of rotatable bonds is 9. The number of H-pyrrole nitrogens is 2. The second-order valence-corrected chi connectivity index (χ2v) is 23.6. The number of nitrogens with one attached hydrogen (secondary N) is 2. The standard InChI is InChI=1S/C82H56N4/c1-2-16-51-27-40-79-69(43-51)71-48-56(33-42-81(71)85(79)60-21-10-5-11-22-60)53-30-38-76-67(45-53)68-46-54(31-39-77(68)84-76)57-28-35-62-63-36-34-61(50-73(63)82(72(62)49-57,58-17-6-3-7-18-58)59-19-8-4-9-20-59)86-78-26-15-13-24-65(78)70-47-55(32-41-80(70)86)52-29-37-75-66(44-52)64-23-12-14-25-74(64)83-75/h3-15,17-50,83-84H,2,16H2,1H3. The zero-order chi connectivity index (χ0) is 56.6. The fourth-order valence-corrected chi connectivity index (χ4v) is 15.1. The van der Waals surface area contributed by atoms with Gasteiger partial charge in [-0.1, -0.05) is 183 Å². The van der Waals surface area contributed by atoms with Crippen LogP contribution in [0.5, 0.6) is 0 Å². The van der Waals surface area contributed by atoms with Crippen molar-refractivity contribution < 1.29 is 0 Å². The molecule has 17 aromatic rings. The van der Waals surface area contributed by atoms with Crippen molar-refractivity contribution in [2.75, 3.05) is 0 Å². The minimum Gasteiger partial charge on any atom is -0.355 e. The van der Waals surface area contributed by atoms with Gasteiger partial charge in [0.2, 0.25) is 0 Å². The summed E-state index contributed by atoms with van der Waals surface area (Å²) in [6.07, 6.45) is 2.18. The Morgan fingerprint density at radius 1 is 0.291 bits per heavy atom. The van der Waals surface area contributed by atoms with Gasteiger partial charge in [0.15, 0.2) is 0 Å². The highest BCUT2D eigenvalue weighted by Gasteiger charge is 2.46. The summed E-state index contributed by atoms with van der Waals surface area (Å²) in [6.45, 7) is 2.26. The number of hydrogen-bond acceptors (Lipinski definition) is 0. The Morgan fingerprint density at radius 2 is 0.698 bits per heavy atom. The number of aromatic amines is 2. The average Bonchev–Trinajstić information content (AvgIpc) is 1.56. The first kappa shape index (κ1) is 48.6. The largest absolute Gasteiger partial charge is 0.355 e. The summed E-state index contributed by atoms with van der Waals surface area (Å²) in [7, 11) is 0. The number of benzene rings is 13. The van der Waals surface area contributed by atoms with Crippen molar-refractivity contribution in [2.45, 2.75) is 25.2 Å². The van der Waals surface area contributed by atoms with Crippen LogP contribution in [0.2, 0.25) is 0 Å². The Morgan fingerprint density at radius 3 is 1.30 bits per heavy atom. The summed E-state index contributed by atoms with van der Waals surface area (Å²) in [4.78, 5) is 7.41. The van der Waals surface area contributed by atoms with Gasteiger partial charge in [-0.15, -0.1) is 0 Å². The van der Waals surface area contributed by atoms with E-state index in [0.29, 0.717) is 0 Å². The zero-order valence-corrected chi connectivity index (χ0v) is 47.4. The fourth-order valence-electron chi connectivity index (χ4n) is 15.1. The molecule has 0 saturated carbocycles. The molecule has 18 rings (SSSR count). The van der Waals surface area contributed by atoms with Crippen molar-refractivity contribution in [2.24, 2.45) is 0 Å². The maximum atomic E-state index is 3.79. The van der Waals surface area contributed by atoms with Gasteiger partial charge in [0.1, 0.15) is 0 Å². The van der Waals surface area contributed by atoms with Crippen molar-refractivity contribution in [1.29, 1.82) is 0 Å². The van der Waals surface area contributed by atoms with Crippen LogP contribution in [-0.4, -0.2) is 19.1 Å². The number of nitrogens with zero attached hydrogens (tertiary/aromatic N) is 2. The van der Waals surface area contributed by atoms with Crippen LogP contribution in [0.15, 0.2) is 285 Å². The van der Waals surface area contributed by atoms with Crippen LogP contribution in [-0.2, 0) is 11.8 Å². The van der Waals surface area contributed by atoms with Crippen LogP contribution in [0.25, 0.3) is 143 Å². The summed E-state index contributed by atoms with van der Waals surface area (Å²) in [5.74, 6) is 0. The van der Waals surface area contributed by atoms with Gasteiger partial charge in [-0.05, 0) is 194 Å². The van der Waals surface area contributed by atoms with Crippen LogP contribution in [0, 0.1) is 0 Å². The predicted molar refractivity (Wildman–Crippen MR) is 361 cm³/mol. The lowest BCUT2D eigenvalue weighted by molar-refractivity contribution is 0.768. The van der Waals surface area contributed by atoms with Gasteiger partial charge in [-0.25, -0.2) is 0 Å². The Balaban J connectivity index is 0.772. The molecule has 4 nitrogen and oxygen atoms in total. The first-order valence-corrected chi connectivity index (χ1v) is 30.2. The van der Waals surface area contributed by atoms with Gasteiger partial charge in [0, 0.05) is 76.5 Å². The van der Waals surface area contributed by atoms with Crippen LogP contribution in [0.3, 0.4) is 0 Å². The van der Waals surface area contributed by atoms with Crippen molar-refractivity contribution in [1.82, 2.24) is 19.1 Å². The minimum absolute atomic E-state index is 0.627. The normalized spacial score (nSPS) is 12.9. The highest BCUT2D eigenvalue weighted by atomic mass is 15.0. The second-order valence-electron chi connectivity index (χ2n) is 23.6.